The number of benzene rings is 2. The highest BCUT2D eigenvalue weighted by Gasteiger charge is 2.20. The van der Waals surface area contributed by atoms with E-state index in [1.807, 2.05) is 30.3 Å². The van der Waals surface area contributed by atoms with E-state index in [4.69, 9.17) is 13.9 Å². The number of phenolic OH excluding ortho intramolecular Hbond substituents is 1. The fourth-order valence-corrected chi connectivity index (χ4v) is 3.78. The van der Waals surface area contributed by atoms with Gasteiger partial charge in [-0.1, -0.05) is 36.8 Å². The van der Waals surface area contributed by atoms with Crippen molar-refractivity contribution >= 4 is 11.0 Å². The minimum Gasteiger partial charge on any atom is -0.504 e. The fourth-order valence-electron chi connectivity index (χ4n) is 3.78. The third-order valence-corrected chi connectivity index (χ3v) is 5.29. The molecule has 0 atom stereocenters. The smallest absolute Gasteiger partial charge is 0.204 e. The molecule has 152 valence electrons. The molecule has 1 fully saturated rings. The molecule has 6 nitrogen and oxygen atoms in total. The number of fused-ring (bicyclic) bond motifs is 1. The summed E-state index contributed by atoms with van der Waals surface area (Å²) in [6.45, 7) is 3.43. The molecule has 29 heavy (non-hydrogen) atoms. The lowest BCUT2D eigenvalue weighted by Crippen LogP contribution is -2.33. The van der Waals surface area contributed by atoms with Crippen LogP contribution in [-0.4, -0.2) is 43.4 Å². The lowest BCUT2D eigenvalue weighted by molar-refractivity contribution is 0.180. The Kier molecular flexibility index (Phi) is 5.71. The molecule has 0 bridgehead atoms. The second-order valence-corrected chi connectivity index (χ2v) is 7.22. The Morgan fingerprint density at radius 2 is 1.86 bits per heavy atom. The van der Waals surface area contributed by atoms with Crippen molar-refractivity contribution < 1.29 is 19.0 Å². The summed E-state index contributed by atoms with van der Waals surface area (Å²) in [5, 5.41) is 10.7. The number of phenols is 1. The van der Waals surface area contributed by atoms with Crippen molar-refractivity contribution in [2.45, 2.75) is 19.3 Å². The van der Waals surface area contributed by atoms with E-state index in [1.54, 1.807) is 6.07 Å². The van der Waals surface area contributed by atoms with Gasteiger partial charge < -0.3 is 19.0 Å². The Bertz CT molecular complexity index is 1040. The molecule has 0 aliphatic carbocycles. The number of methoxy groups -OCH3 is 1. The van der Waals surface area contributed by atoms with E-state index < -0.39 is 0 Å². The number of hydrogen-bond acceptors (Lipinski definition) is 6. The van der Waals surface area contributed by atoms with E-state index in [9.17, 15) is 9.90 Å². The van der Waals surface area contributed by atoms with Crippen molar-refractivity contribution in [3.8, 4) is 28.6 Å². The molecule has 0 unspecified atom stereocenters. The maximum atomic E-state index is 12.7. The molecule has 0 amide bonds. The molecule has 1 aromatic heterocycles. The molecule has 1 aliphatic heterocycles. The third-order valence-electron chi connectivity index (χ3n) is 5.29. The molecule has 4 rings (SSSR count). The van der Waals surface area contributed by atoms with Gasteiger partial charge in [0.05, 0.1) is 7.11 Å². The first-order chi connectivity index (χ1) is 14.2. The second-order valence-electron chi connectivity index (χ2n) is 7.22. The normalized spacial score (nSPS) is 14.8. The van der Waals surface area contributed by atoms with Gasteiger partial charge in [-0.25, -0.2) is 0 Å². The average molecular weight is 395 g/mol. The van der Waals surface area contributed by atoms with Gasteiger partial charge in [0.15, 0.2) is 16.9 Å². The predicted octanol–water partition coefficient (Wildman–Crippen LogP) is 4.04. The zero-order valence-corrected chi connectivity index (χ0v) is 16.5. The first-order valence-corrected chi connectivity index (χ1v) is 9.96. The summed E-state index contributed by atoms with van der Waals surface area (Å²) in [5.41, 5.74) is 0.720. The van der Waals surface area contributed by atoms with E-state index in [2.05, 4.69) is 4.90 Å². The highest BCUT2D eigenvalue weighted by molar-refractivity contribution is 5.89. The molecule has 6 heteroatoms. The Morgan fingerprint density at radius 1 is 1.10 bits per heavy atom. The van der Waals surface area contributed by atoms with Crippen LogP contribution >= 0.6 is 0 Å². The molecule has 2 heterocycles. The quantitative estimate of drug-likeness (QED) is 0.679. The first kappa shape index (κ1) is 19.3. The van der Waals surface area contributed by atoms with Crippen LogP contribution in [0.5, 0.6) is 17.2 Å². The zero-order valence-electron chi connectivity index (χ0n) is 16.5. The number of aromatic hydroxyl groups is 1. The van der Waals surface area contributed by atoms with Crippen LogP contribution in [0.3, 0.4) is 0 Å². The van der Waals surface area contributed by atoms with Crippen LogP contribution in [0.2, 0.25) is 0 Å². The van der Waals surface area contributed by atoms with Gasteiger partial charge in [-0.2, -0.15) is 0 Å². The van der Waals surface area contributed by atoms with Crippen molar-refractivity contribution in [2.75, 3.05) is 33.4 Å². The lowest BCUT2D eigenvalue weighted by Gasteiger charge is -2.26. The molecular formula is C23H25NO5. The third kappa shape index (κ3) is 4.07. The van der Waals surface area contributed by atoms with Gasteiger partial charge in [0, 0.05) is 24.2 Å². The lowest BCUT2D eigenvalue weighted by atomic mass is 10.1. The number of likely N-dealkylation sites (tertiary alicyclic amines) is 1. The molecule has 1 saturated heterocycles. The van der Waals surface area contributed by atoms with Crippen molar-refractivity contribution in [1.82, 2.24) is 4.90 Å². The van der Waals surface area contributed by atoms with Crippen LogP contribution in [0.1, 0.15) is 19.3 Å². The topological polar surface area (TPSA) is 72.1 Å². The monoisotopic (exact) mass is 395 g/mol. The van der Waals surface area contributed by atoms with Crippen LogP contribution < -0.4 is 14.9 Å². The van der Waals surface area contributed by atoms with Crippen LogP contribution in [0.25, 0.3) is 22.3 Å². The van der Waals surface area contributed by atoms with Crippen molar-refractivity contribution in [1.29, 1.82) is 0 Å². The van der Waals surface area contributed by atoms with E-state index >= 15 is 0 Å². The number of ether oxygens (including phenoxy) is 2. The highest BCUT2D eigenvalue weighted by Crippen LogP contribution is 2.42. The van der Waals surface area contributed by atoms with Crippen molar-refractivity contribution in [2.24, 2.45) is 0 Å². The fraction of sp³-hybridized carbons (Fsp3) is 0.348. The largest absolute Gasteiger partial charge is 0.504 e. The standard InChI is InChI=1S/C23H25NO5/c1-27-23-20(28-13-12-24-10-6-3-7-11-24)15-19-21(22(23)26)17(25)14-18(29-19)16-8-4-2-5-9-16/h2,4-5,8-9,14-15,26H,3,6-7,10-13H2,1H3. The van der Waals surface area contributed by atoms with Gasteiger partial charge in [0.2, 0.25) is 5.75 Å². The molecule has 0 radical (unpaired) electrons. The summed E-state index contributed by atoms with van der Waals surface area (Å²) in [4.78, 5) is 15.0. The average Bonchev–Trinajstić information content (AvgIpc) is 2.75. The molecule has 0 spiro atoms. The van der Waals surface area contributed by atoms with E-state index in [-0.39, 0.29) is 27.9 Å². The van der Waals surface area contributed by atoms with E-state index in [0.717, 1.165) is 25.2 Å². The number of hydrogen-bond donors (Lipinski definition) is 1. The van der Waals surface area contributed by atoms with Gasteiger partial charge in [0.25, 0.3) is 0 Å². The summed E-state index contributed by atoms with van der Waals surface area (Å²) in [7, 11) is 1.44. The van der Waals surface area contributed by atoms with Crippen molar-refractivity contribution in [3.63, 3.8) is 0 Å². The Morgan fingerprint density at radius 3 is 2.59 bits per heavy atom. The van der Waals surface area contributed by atoms with Gasteiger partial charge in [0.1, 0.15) is 23.3 Å². The first-order valence-electron chi connectivity index (χ1n) is 9.96. The van der Waals surface area contributed by atoms with Crippen LogP contribution in [-0.2, 0) is 0 Å². The molecule has 0 saturated carbocycles. The second kappa shape index (κ2) is 8.57. The molecule has 1 aliphatic rings. The Balaban J connectivity index is 1.67. The van der Waals surface area contributed by atoms with Gasteiger partial charge in [-0.15, -0.1) is 0 Å². The summed E-state index contributed by atoms with van der Waals surface area (Å²) in [5.74, 6) is 0.692. The minimum absolute atomic E-state index is 0.0879. The summed E-state index contributed by atoms with van der Waals surface area (Å²) in [6, 6.07) is 12.4. The van der Waals surface area contributed by atoms with E-state index in [1.165, 1.54) is 32.4 Å². The van der Waals surface area contributed by atoms with E-state index in [0.29, 0.717) is 18.1 Å². The maximum absolute atomic E-state index is 12.7. The predicted molar refractivity (Wildman–Crippen MR) is 112 cm³/mol. The van der Waals surface area contributed by atoms with Crippen LogP contribution in [0, 0.1) is 0 Å². The SMILES string of the molecule is COc1c(OCCN2CCCCC2)cc2oc(-c3ccccc3)cc(=O)c2c1O. The summed E-state index contributed by atoms with van der Waals surface area (Å²) in [6.07, 6.45) is 3.72. The number of piperidine rings is 1. The molecule has 1 N–H and O–H groups in total. The highest BCUT2D eigenvalue weighted by atomic mass is 16.5. The Hall–Kier alpha value is -2.99. The maximum Gasteiger partial charge on any atom is 0.204 e. The Labute approximate surface area is 169 Å². The van der Waals surface area contributed by atoms with Gasteiger partial charge >= 0.3 is 0 Å². The summed E-state index contributed by atoms with van der Waals surface area (Å²) < 4.78 is 17.2. The van der Waals surface area contributed by atoms with Crippen LogP contribution in [0.4, 0.5) is 0 Å². The van der Waals surface area contributed by atoms with Crippen LogP contribution in [0.15, 0.2) is 51.7 Å². The minimum atomic E-state index is -0.333. The molecular weight excluding hydrogens is 370 g/mol. The van der Waals surface area contributed by atoms with Crippen molar-refractivity contribution in [3.05, 3.63) is 52.7 Å². The molecule has 3 aromatic rings. The zero-order chi connectivity index (χ0) is 20.2. The van der Waals surface area contributed by atoms with Gasteiger partial charge in [-0.05, 0) is 25.9 Å². The van der Waals surface area contributed by atoms with Gasteiger partial charge in [-0.3, -0.25) is 9.69 Å². The summed E-state index contributed by atoms with van der Waals surface area (Å²) >= 11 is 0. The number of rotatable bonds is 6. The molecule has 2 aromatic carbocycles. The number of nitrogens with zero attached hydrogens (tertiary/aromatic N) is 1.